The molecule has 1 aromatic carbocycles. The molecule has 0 radical (unpaired) electrons. The van der Waals surface area contributed by atoms with E-state index in [9.17, 15) is 0 Å². The highest BCUT2D eigenvalue weighted by atomic mass is 16.5. The number of para-hydroxylation sites is 2. The average molecular weight is 259 g/mol. The van der Waals surface area contributed by atoms with E-state index in [0.29, 0.717) is 17.3 Å². The maximum absolute atomic E-state index is 6.02. The molecule has 2 rings (SSSR count). The minimum Gasteiger partial charge on any atom is -0.495 e. The van der Waals surface area contributed by atoms with Crippen molar-refractivity contribution in [3.63, 3.8) is 0 Å². The SMILES string of the molecule is CCNc1ncnc(Nc2ccccc2OC)c1N. The summed E-state index contributed by atoms with van der Waals surface area (Å²) in [6, 6.07) is 7.57. The minimum absolute atomic E-state index is 0.482. The molecule has 100 valence electrons. The summed E-state index contributed by atoms with van der Waals surface area (Å²) in [5.41, 5.74) is 7.30. The number of benzene rings is 1. The predicted molar refractivity (Wildman–Crippen MR) is 76.9 cm³/mol. The van der Waals surface area contributed by atoms with Crippen LogP contribution in [0.4, 0.5) is 23.0 Å². The molecule has 1 heterocycles. The van der Waals surface area contributed by atoms with Gasteiger partial charge in [-0.1, -0.05) is 12.1 Å². The monoisotopic (exact) mass is 259 g/mol. The number of anilines is 4. The largest absolute Gasteiger partial charge is 0.495 e. The molecule has 0 atom stereocenters. The molecule has 0 aliphatic heterocycles. The van der Waals surface area contributed by atoms with Crippen LogP contribution < -0.4 is 21.1 Å². The van der Waals surface area contributed by atoms with E-state index in [1.807, 2.05) is 31.2 Å². The van der Waals surface area contributed by atoms with Crippen molar-refractivity contribution < 1.29 is 4.74 Å². The van der Waals surface area contributed by atoms with Crippen LogP contribution in [-0.4, -0.2) is 23.6 Å². The Balaban J connectivity index is 2.30. The van der Waals surface area contributed by atoms with Gasteiger partial charge in [0.25, 0.3) is 0 Å². The highest BCUT2D eigenvalue weighted by Gasteiger charge is 2.09. The van der Waals surface area contributed by atoms with Crippen LogP contribution in [0.15, 0.2) is 30.6 Å². The lowest BCUT2D eigenvalue weighted by molar-refractivity contribution is 0.417. The molecule has 0 aliphatic rings. The summed E-state index contributed by atoms with van der Waals surface area (Å²) in [4.78, 5) is 8.24. The highest BCUT2D eigenvalue weighted by molar-refractivity contribution is 5.79. The zero-order valence-electron chi connectivity index (χ0n) is 11.0. The van der Waals surface area contributed by atoms with Gasteiger partial charge in [0, 0.05) is 6.54 Å². The number of hydrogen-bond donors (Lipinski definition) is 3. The molecule has 0 amide bonds. The van der Waals surface area contributed by atoms with Gasteiger partial charge in [0.1, 0.15) is 17.8 Å². The molecule has 0 fully saturated rings. The number of nitrogens with zero attached hydrogens (tertiary/aromatic N) is 2. The Hall–Kier alpha value is -2.50. The molecule has 0 spiro atoms. The van der Waals surface area contributed by atoms with E-state index >= 15 is 0 Å². The lowest BCUT2D eigenvalue weighted by Crippen LogP contribution is -2.07. The molecule has 0 saturated carbocycles. The van der Waals surface area contributed by atoms with Gasteiger partial charge in [-0.05, 0) is 19.1 Å². The summed E-state index contributed by atoms with van der Waals surface area (Å²) in [6.07, 6.45) is 1.46. The summed E-state index contributed by atoms with van der Waals surface area (Å²) in [7, 11) is 1.62. The number of nitrogens with one attached hydrogen (secondary N) is 2. The normalized spacial score (nSPS) is 10.0. The van der Waals surface area contributed by atoms with Crippen LogP contribution in [0.25, 0.3) is 0 Å². The summed E-state index contributed by atoms with van der Waals surface area (Å²) < 4.78 is 5.27. The fraction of sp³-hybridized carbons (Fsp3) is 0.231. The second-order valence-corrected chi connectivity index (χ2v) is 3.84. The summed E-state index contributed by atoms with van der Waals surface area (Å²) in [5, 5.41) is 6.23. The quantitative estimate of drug-likeness (QED) is 0.763. The number of methoxy groups -OCH3 is 1. The lowest BCUT2D eigenvalue weighted by Gasteiger charge is -2.13. The van der Waals surface area contributed by atoms with E-state index in [1.54, 1.807) is 7.11 Å². The predicted octanol–water partition coefficient (Wildman–Crippen LogP) is 2.24. The summed E-state index contributed by atoms with van der Waals surface area (Å²) in [6.45, 7) is 2.73. The molecule has 0 bridgehead atoms. The van der Waals surface area contributed by atoms with Gasteiger partial charge >= 0.3 is 0 Å². The van der Waals surface area contributed by atoms with E-state index < -0.39 is 0 Å². The van der Waals surface area contributed by atoms with Crippen molar-refractivity contribution in [1.82, 2.24) is 9.97 Å². The first-order chi connectivity index (χ1) is 9.26. The maximum Gasteiger partial charge on any atom is 0.159 e. The van der Waals surface area contributed by atoms with E-state index in [-0.39, 0.29) is 0 Å². The Morgan fingerprint density at radius 2 is 1.95 bits per heavy atom. The zero-order valence-corrected chi connectivity index (χ0v) is 11.0. The molecular weight excluding hydrogens is 242 g/mol. The van der Waals surface area contributed by atoms with Crippen molar-refractivity contribution in [3.05, 3.63) is 30.6 Å². The average Bonchev–Trinajstić information content (AvgIpc) is 2.44. The zero-order chi connectivity index (χ0) is 13.7. The molecule has 19 heavy (non-hydrogen) atoms. The second-order valence-electron chi connectivity index (χ2n) is 3.84. The second kappa shape index (κ2) is 5.90. The fourth-order valence-electron chi connectivity index (χ4n) is 1.68. The van der Waals surface area contributed by atoms with Gasteiger partial charge in [-0.25, -0.2) is 9.97 Å². The van der Waals surface area contributed by atoms with Crippen LogP contribution >= 0.6 is 0 Å². The van der Waals surface area contributed by atoms with Crippen molar-refractivity contribution in [2.45, 2.75) is 6.92 Å². The maximum atomic E-state index is 6.02. The Kier molecular flexibility index (Phi) is 4.02. The van der Waals surface area contributed by atoms with Crippen molar-refractivity contribution in [3.8, 4) is 5.75 Å². The van der Waals surface area contributed by atoms with Crippen LogP contribution in [0.5, 0.6) is 5.75 Å². The lowest BCUT2D eigenvalue weighted by atomic mass is 10.3. The molecule has 6 nitrogen and oxygen atoms in total. The van der Waals surface area contributed by atoms with Crippen molar-refractivity contribution in [1.29, 1.82) is 0 Å². The van der Waals surface area contributed by atoms with Gasteiger partial charge in [0.2, 0.25) is 0 Å². The van der Waals surface area contributed by atoms with Crippen molar-refractivity contribution in [2.24, 2.45) is 0 Å². The number of hydrogen-bond acceptors (Lipinski definition) is 6. The van der Waals surface area contributed by atoms with Crippen LogP contribution in [-0.2, 0) is 0 Å². The van der Waals surface area contributed by atoms with E-state index in [0.717, 1.165) is 18.0 Å². The number of aromatic nitrogens is 2. The van der Waals surface area contributed by atoms with E-state index in [2.05, 4.69) is 20.6 Å². The molecule has 0 aliphatic carbocycles. The van der Waals surface area contributed by atoms with Gasteiger partial charge in [0.05, 0.1) is 12.8 Å². The number of ether oxygens (including phenoxy) is 1. The molecule has 6 heteroatoms. The third-order valence-corrected chi connectivity index (χ3v) is 2.59. The Morgan fingerprint density at radius 1 is 1.21 bits per heavy atom. The van der Waals surface area contributed by atoms with Crippen LogP contribution in [0.1, 0.15) is 6.92 Å². The molecule has 0 saturated heterocycles. The summed E-state index contributed by atoms with van der Waals surface area (Å²) >= 11 is 0. The molecule has 1 aromatic heterocycles. The highest BCUT2D eigenvalue weighted by Crippen LogP contribution is 2.30. The van der Waals surface area contributed by atoms with Gasteiger partial charge in [0.15, 0.2) is 11.6 Å². The Labute approximate surface area is 112 Å². The van der Waals surface area contributed by atoms with E-state index in [1.165, 1.54) is 6.33 Å². The Morgan fingerprint density at radius 3 is 2.68 bits per heavy atom. The molecule has 4 N–H and O–H groups in total. The first-order valence-electron chi connectivity index (χ1n) is 6.00. The third kappa shape index (κ3) is 2.85. The van der Waals surface area contributed by atoms with Gasteiger partial charge in [-0.3, -0.25) is 0 Å². The third-order valence-electron chi connectivity index (χ3n) is 2.59. The smallest absolute Gasteiger partial charge is 0.159 e. The summed E-state index contributed by atoms with van der Waals surface area (Å²) in [5.74, 6) is 1.90. The van der Waals surface area contributed by atoms with Gasteiger partial charge < -0.3 is 21.1 Å². The molecule has 0 unspecified atom stereocenters. The number of nitrogen functional groups attached to an aromatic ring is 1. The standard InChI is InChI=1S/C13H17N5O/c1-3-15-12-11(14)13(17-8-16-12)18-9-6-4-5-7-10(9)19-2/h4-8H,3,14H2,1-2H3,(H2,15,16,17,18). The van der Waals surface area contributed by atoms with Crippen LogP contribution in [0.3, 0.4) is 0 Å². The van der Waals surface area contributed by atoms with Crippen LogP contribution in [0.2, 0.25) is 0 Å². The minimum atomic E-state index is 0.482. The van der Waals surface area contributed by atoms with E-state index in [4.69, 9.17) is 10.5 Å². The van der Waals surface area contributed by atoms with Crippen LogP contribution in [0, 0.1) is 0 Å². The van der Waals surface area contributed by atoms with Crippen molar-refractivity contribution in [2.75, 3.05) is 30.0 Å². The Bertz CT molecular complexity index is 558. The number of nitrogens with two attached hydrogens (primary N) is 1. The van der Waals surface area contributed by atoms with Gasteiger partial charge in [-0.15, -0.1) is 0 Å². The molecule has 2 aromatic rings. The molecular formula is C13H17N5O. The van der Waals surface area contributed by atoms with Crippen molar-refractivity contribution >= 4 is 23.0 Å². The first kappa shape index (κ1) is 12.9. The topological polar surface area (TPSA) is 85.1 Å². The first-order valence-corrected chi connectivity index (χ1v) is 6.00. The number of rotatable bonds is 5. The van der Waals surface area contributed by atoms with Gasteiger partial charge in [-0.2, -0.15) is 0 Å². The fourth-order valence-corrected chi connectivity index (χ4v) is 1.68.